The van der Waals surface area contributed by atoms with Gasteiger partial charge in [-0.1, -0.05) is 24.3 Å². The summed E-state index contributed by atoms with van der Waals surface area (Å²) in [6, 6.07) is 8.57. The van der Waals surface area contributed by atoms with Crippen LogP contribution >= 0.6 is 0 Å². The Balaban J connectivity index is 1.83. The van der Waals surface area contributed by atoms with Gasteiger partial charge in [0.15, 0.2) is 0 Å². The van der Waals surface area contributed by atoms with Gasteiger partial charge in [-0.2, -0.15) is 0 Å². The normalized spacial score (nSPS) is 15.0. The molecule has 1 aromatic rings. The molecule has 2 nitrogen and oxygen atoms in total. The Morgan fingerprint density at radius 1 is 1.33 bits per heavy atom. The Labute approximate surface area is 90.3 Å². The molecule has 0 radical (unpaired) electrons. The van der Waals surface area contributed by atoms with Crippen LogP contribution in [-0.2, 0) is 22.4 Å². The van der Waals surface area contributed by atoms with E-state index in [0.717, 1.165) is 19.3 Å². The zero-order valence-electron chi connectivity index (χ0n) is 9.03. The summed E-state index contributed by atoms with van der Waals surface area (Å²) < 4.78 is 4.96. The molecular formula is C13H16O2. The SMILES string of the molecule is CC(=O)OCCC1Cc2ccccc2C1. The molecule has 1 aromatic carbocycles. The molecule has 2 heteroatoms. The molecule has 1 aliphatic carbocycles. The molecule has 1 aliphatic rings. The molecule has 0 atom stereocenters. The van der Waals surface area contributed by atoms with E-state index in [2.05, 4.69) is 24.3 Å². The molecule has 0 aromatic heterocycles. The van der Waals surface area contributed by atoms with E-state index in [1.54, 1.807) is 0 Å². The first-order valence-electron chi connectivity index (χ1n) is 5.46. The van der Waals surface area contributed by atoms with Gasteiger partial charge in [0.1, 0.15) is 0 Å². The fraction of sp³-hybridized carbons (Fsp3) is 0.462. The molecule has 0 saturated heterocycles. The van der Waals surface area contributed by atoms with Crippen LogP contribution in [0, 0.1) is 5.92 Å². The Bertz CT molecular complexity index is 332. The van der Waals surface area contributed by atoms with Crippen LogP contribution in [0.5, 0.6) is 0 Å². The molecule has 0 heterocycles. The molecule has 80 valence electrons. The maximum Gasteiger partial charge on any atom is 0.302 e. The van der Waals surface area contributed by atoms with Crippen LogP contribution in [-0.4, -0.2) is 12.6 Å². The van der Waals surface area contributed by atoms with Crippen LogP contribution in [0.4, 0.5) is 0 Å². The second-order valence-corrected chi connectivity index (χ2v) is 4.17. The number of hydrogen-bond acceptors (Lipinski definition) is 2. The minimum atomic E-state index is -0.175. The first-order valence-corrected chi connectivity index (χ1v) is 5.46. The Morgan fingerprint density at radius 3 is 2.47 bits per heavy atom. The molecule has 0 N–H and O–H groups in total. The van der Waals surface area contributed by atoms with Crippen molar-refractivity contribution in [3.05, 3.63) is 35.4 Å². The van der Waals surface area contributed by atoms with Crippen molar-refractivity contribution in [2.75, 3.05) is 6.61 Å². The van der Waals surface area contributed by atoms with E-state index in [1.165, 1.54) is 18.1 Å². The third-order valence-electron chi connectivity index (χ3n) is 2.97. The van der Waals surface area contributed by atoms with Crippen LogP contribution in [0.25, 0.3) is 0 Å². The quantitative estimate of drug-likeness (QED) is 0.706. The summed E-state index contributed by atoms with van der Waals surface area (Å²) >= 11 is 0. The predicted octanol–water partition coefficient (Wildman–Crippen LogP) is 2.35. The van der Waals surface area contributed by atoms with Crippen LogP contribution in [0.3, 0.4) is 0 Å². The molecule has 15 heavy (non-hydrogen) atoms. The highest BCUT2D eigenvalue weighted by atomic mass is 16.5. The zero-order valence-corrected chi connectivity index (χ0v) is 9.03. The van der Waals surface area contributed by atoms with Crippen molar-refractivity contribution in [1.82, 2.24) is 0 Å². The lowest BCUT2D eigenvalue weighted by Gasteiger charge is -2.07. The third kappa shape index (κ3) is 2.58. The van der Waals surface area contributed by atoms with E-state index in [4.69, 9.17) is 4.74 Å². The highest BCUT2D eigenvalue weighted by Crippen LogP contribution is 2.28. The second-order valence-electron chi connectivity index (χ2n) is 4.17. The first-order chi connectivity index (χ1) is 7.25. The fourth-order valence-corrected chi connectivity index (χ4v) is 2.22. The predicted molar refractivity (Wildman–Crippen MR) is 58.6 cm³/mol. The number of hydrogen-bond donors (Lipinski definition) is 0. The highest BCUT2D eigenvalue weighted by Gasteiger charge is 2.20. The number of esters is 1. The van der Waals surface area contributed by atoms with Crippen LogP contribution in [0.1, 0.15) is 24.5 Å². The van der Waals surface area contributed by atoms with Gasteiger partial charge in [0, 0.05) is 6.92 Å². The average molecular weight is 204 g/mol. The number of ether oxygens (including phenoxy) is 1. The van der Waals surface area contributed by atoms with Crippen molar-refractivity contribution in [1.29, 1.82) is 0 Å². The van der Waals surface area contributed by atoms with Crippen molar-refractivity contribution < 1.29 is 9.53 Å². The maximum absolute atomic E-state index is 10.6. The standard InChI is InChI=1S/C13H16O2/c1-10(14)15-7-6-11-8-12-4-2-3-5-13(12)9-11/h2-5,11H,6-9H2,1H3. The molecule has 0 bridgehead atoms. The number of benzene rings is 1. The van der Waals surface area contributed by atoms with Crippen molar-refractivity contribution in [2.45, 2.75) is 26.2 Å². The Morgan fingerprint density at radius 2 is 1.93 bits per heavy atom. The van der Waals surface area contributed by atoms with Crippen molar-refractivity contribution in [3.63, 3.8) is 0 Å². The van der Waals surface area contributed by atoms with Crippen LogP contribution < -0.4 is 0 Å². The Hall–Kier alpha value is -1.31. The number of carbonyl (C=O) groups is 1. The minimum absolute atomic E-state index is 0.175. The largest absolute Gasteiger partial charge is 0.466 e. The van der Waals surface area contributed by atoms with Gasteiger partial charge in [0.2, 0.25) is 0 Å². The fourth-order valence-electron chi connectivity index (χ4n) is 2.22. The Kier molecular flexibility index (Phi) is 3.05. The maximum atomic E-state index is 10.6. The monoisotopic (exact) mass is 204 g/mol. The van der Waals surface area contributed by atoms with Gasteiger partial charge < -0.3 is 4.74 Å². The van der Waals surface area contributed by atoms with Gasteiger partial charge in [-0.15, -0.1) is 0 Å². The van der Waals surface area contributed by atoms with E-state index in [-0.39, 0.29) is 5.97 Å². The summed E-state index contributed by atoms with van der Waals surface area (Å²) in [4.78, 5) is 10.6. The van der Waals surface area contributed by atoms with Gasteiger partial charge in [0.25, 0.3) is 0 Å². The van der Waals surface area contributed by atoms with Gasteiger partial charge in [0.05, 0.1) is 6.61 Å². The van der Waals surface area contributed by atoms with Crippen molar-refractivity contribution in [3.8, 4) is 0 Å². The molecule has 0 unspecified atom stereocenters. The summed E-state index contributed by atoms with van der Waals surface area (Å²) in [5, 5.41) is 0. The summed E-state index contributed by atoms with van der Waals surface area (Å²) in [6.45, 7) is 2.03. The summed E-state index contributed by atoms with van der Waals surface area (Å²) in [6.07, 6.45) is 3.25. The summed E-state index contributed by atoms with van der Waals surface area (Å²) in [5.74, 6) is 0.479. The van der Waals surface area contributed by atoms with E-state index in [9.17, 15) is 4.79 Å². The van der Waals surface area contributed by atoms with Gasteiger partial charge in [-0.25, -0.2) is 0 Å². The summed E-state index contributed by atoms with van der Waals surface area (Å²) in [7, 11) is 0. The molecule has 0 fully saturated rings. The summed E-state index contributed by atoms with van der Waals surface area (Å²) in [5.41, 5.74) is 2.93. The molecule has 0 spiro atoms. The van der Waals surface area contributed by atoms with Crippen molar-refractivity contribution in [2.24, 2.45) is 5.92 Å². The molecule has 0 amide bonds. The topological polar surface area (TPSA) is 26.3 Å². The lowest BCUT2D eigenvalue weighted by atomic mass is 10.0. The zero-order chi connectivity index (χ0) is 10.7. The van der Waals surface area contributed by atoms with Gasteiger partial charge in [-0.3, -0.25) is 4.79 Å². The lowest BCUT2D eigenvalue weighted by Crippen LogP contribution is -2.07. The average Bonchev–Trinajstić information content (AvgIpc) is 2.59. The highest BCUT2D eigenvalue weighted by molar-refractivity contribution is 5.65. The molecule has 2 rings (SSSR count). The molecular weight excluding hydrogens is 188 g/mol. The number of carbonyl (C=O) groups excluding carboxylic acids is 1. The number of rotatable bonds is 3. The number of fused-ring (bicyclic) bond motifs is 1. The first kappa shape index (κ1) is 10.2. The second kappa shape index (κ2) is 4.47. The van der Waals surface area contributed by atoms with Crippen molar-refractivity contribution >= 4 is 5.97 Å². The van der Waals surface area contributed by atoms with E-state index < -0.39 is 0 Å². The molecule has 0 saturated carbocycles. The minimum Gasteiger partial charge on any atom is -0.466 e. The van der Waals surface area contributed by atoms with Gasteiger partial charge >= 0.3 is 5.97 Å². The van der Waals surface area contributed by atoms with Crippen LogP contribution in [0.2, 0.25) is 0 Å². The van der Waals surface area contributed by atoms with E-state index >= 15 is 0 Å². The lowest BCUT2D eigenvalue weighted by molar-refractivity contribution is -0.141. The van der Waals surface area contributed by atoms with E-state index in [0.29, 0.717) is 12.5 Å². The van der Waals surface area contributed by atoms with E-state index in [1.807, 2.05) is 0 Å². The van der Waals surface area contributed by atoms with Crippen LogP contribution in [0.15, 0.2) is 24.3 Å². The molecule has 0 aliphatic heterocycles. The third-order valence-corrected chi connectivity index (χ3v) is 2.97. The smallest absolute Gasteiger partial charge is 0.302 e. The van der Waals surface area contributed by atoms with Gasteiger partial charge in [-0.05, 0) is 36.3 Å².